The van der Waals surface area contributed by atoms with Gasteiger partial charge in [-0.2, -0.15) is 5.10 Å². The van der Waals surface area contributed by atoms with E-state index in [1.165, 1.54) is 5.56 Å². The molecule has 2 aromatic heterocycles. The van der Waals surface area contributed by atoms with Gasteiger partial charge < -0.3 is 5.32 Å². The molecule has 23 heavy (non-hydrogen) atoms. The van der Waals surface area contributed by atoms with Crippen molar-refractivity contribution in [2.45, 2.75) is 19.9 Å². The van der Waals surface area contributed by atoms with Crippen LogP contribution in [-0.2, 0) is 13.0 Å². The van der Waals surface area contributed by atoms with Gasteiger partial charge in [-0.05, 0) is 29.7 Å². The van der Waals surface area contributed by atoms with Crippen LogP contribution in [0.1, 0.15) is 28.4 Å². The maximum atomic E-state index is 12.2. The molecule has 0 aliphatic carbocycles. The molecule has 0 saturated heterocycles. The summed E-state index contributed by atoms with van der Waals surface area (Å²) in [5.74, 6) is 0.502. The number of hydrogen-bond acceptors (Lipinski definition) is 3. The second kappa shape index (κ2) is 6.87. The van der Waals surface area contributed by atoms with E-state index in [1.807, 2.05) is 0 Å². The highest BCUT2D eigenvalue weighted by Crippen LogP contribution is 2.13. The largest absolute Gasteiger partial charge is 0.307 e. The molecule has 0 bridgehead atoms. The van der Waals surface area contributed by atoms with Gasteiger partial charge in [0.15, 0.2) is 0 Å². The monoisotopic (exact) mass is 306 g/mol. The van der Waals surface area contributed by atoms with E-state index in [9.17, 15) is 4.79 Å². The third kappa shape index (κ3) is 3.63. The van der Waals surface area contributed by atoms with Gasteiger partial charge in [-0.15, -0.1) is 0 Å². The number of carbonyl (C=O) groups is 1. The molecule has 3 rings (SSSR count). The number of amides is 1. The molecule has 1 aromatic carbocycles. The fourth-order valence-electron chi connectivity index (χ4n) is 2.31. The van der Waals surface area contributed by atoms with Crippen LogP contribution in [0.4, 0.5) is 5.82 Å². The Balaban J connectivity index is 1.73. The summed E-state index contributed by atoms with van der Waals surface area (Å²) in [4.78, 5) is 16.1. The summed E-state index contributed by atoms with van der Waals surface area (Å²) in [6.07, 6.45) is 5.90. The smallest absolute Gasteiger partial charge is 0.256 e. The summed E-state index contributed by atoms with van der Waals surface area (Å²) in [6, 6.07) is 13.6. The van der Waals surface area contributed by atoms with Gasteiger partial charge in [-0.25, -0.2) is 4.68 Å². The van der Waals surface area contributed by atoms with Crippen LogP contribution in [0.15, 0.2) is 61.1 Å². The zero-order chi connectivity index (χ0) is 16.1. The van der Waals surface area contributed by atoms with Gasteiger partial charge in [-0.3, -0.25) is 9.78 Å². The van der Waals surface area contributed by atoms with E-state index in [2.05, 4.69) is 46.6 Å². The molecule has 0 radical (unpaired) electrons. The molecule has 0 spiro atoms. The average Bonchev–Trinajstić information content (AvgIpc) is 3.03. The number of benzene rings is 1. The number of nitrogens with one attached hydrogen (secondary N) is 1. The average molecular weight is 306 g/mol. The number of hydrogen-bond donors (Lipinski definition) is 1. The predicted molar refractivity (Wildman–Crippen MR) is 89.3 cm³/mol. The summed E-state index contributed by atoms with van der Waals surface area (Å²) >= 11 is 0. The summed E-state index contributed by atoms with van der Waals surface area (Å²) in [7, 11) is 0. The van der Waals surface area contributed by atoms with Gasteiger partial charge in [0, 0.05) is 24.0 Å². The van der Waals surface area contributed by atoms with Gasteiger partial charge in [0.2, 0.25) is 0 Å². The molecule has 0 fully saturated rings. The predicted octanol–water partition coefficient (Wildman–Crippen LogP) is 3.14. The van der Waals surface area contributed by atoms with Crippen molar-refractivity contribution in [3.63, 3.8) is 0 Å². The normalized spacial score (nSPS) is 10.5. The Kier molecular flexibility index (Phi) is 4.47. The van der Waals surface area contributed by atoms with Crippen LogP contribution in [0.3, 0.4) is 0 Å². The molecule has 5 heteroatoms. The fourth-order valence-corrected chi connectivity index (χ4v) is 2.31. The standard InChI is InChI=1S/C18H18N4O/c1-2-14-3-5-15(6-4-14)13-22-17(9-12-20-22)21-18(23)16-7-10-19-11-8-16/h3-12H,2,13H2,1H3,(H,21,23). The first-order chi connectivity index (χ1) is 11.3. The Morgan fingerprint density at radius 3 is 2.39 bits per heavy atom. The Labute approximate surface area is 135 Å². The van der Waals surface area contributed by atoms with Gasteiger partial charge in [0.1, 0.15) is 5.82 Å². The summed E-state index contributed by atoms with van der Waals surface area (Å²) < 4.78 is 1.78. The molecule has 1 N–H and O–H groups in total. The van der Waals surface area contributed by atoms with Crippen molar-refractivity contribution in [1.29, 1.82) is 0 Å². The minimum absolute atomic E-state index is 0.171. The zero-order valence-corrected chi connectivity index (χ0v) is 12.9. The van der Waals surface area contributed by atoms with Gasteiger partial charge in [0.25, 0.3) is 5.91 Å². The number of nitrogens with zero attached hydrogens (tertiary/aromatic N) is 3. The number of aromatic nitrogens is 3. The summed E-state index contributed by atoms with van der Waals surface area (Å²) in [5.41, 5.74) is 3.02. The van der Waals surface area contributed by atoms with E-state index in [-0.39, 0.29) is 5.91 Å². The topological polar surface area (TPSA) is 59.8 Å². The maximum absolute atomic E-state index is 12.2. The Morgan fingerprint density at radius 1 is 1.00 bits per heavy atom. The third-order valence-corrected chi connectivity index (χ3v) is 3.66. The lowest BCUT2D eigenvalue weighted by molar-refractivity contribution is 0.102. The van der Waals surface area contributed by atoms with Crippen LogP contribution in [-0.4, -0.2) is 20.7 Å². The lowest BCUT2D eigenvalue weighted by Crippen LogP contribution is -2.16. The molecular formula is C18H18N4O. The molecule has 3 aromatic rings. The molecule has 0 saturated carbocycles. The molecule has 0 unspecified atom stereocenters. The first-order valence-electron chi connectivity index (χ1n) is 7.57. The Bertz CT molecular complexity index is 778. The van der Waals surface area contributed by atoms with Crippen LogP contribution < -0.4 is 5.32 Å². The molecule has 116 valence electrons. The van der Waals surface area contributed by atoms with E-state index in [1.54, 1.807) is 41.5 Å². The van der Waals surface area contributed by atoms with E-state index in [4.69, 9.17) is 0 Å². The van der Waals surface area contributed by atoms with Crippen molar-refractivity contribution in [1.82, 2.24) is 14.8 Å². The highest BCUT2D eigenvalue weighted by Gasteiger charge is 2.09. The number of anilines is 1. The van der Waals surface area contributed by atoms with Gasteiger partial charge in [-0.1, -0.05) is 31.2 Å². The molecule has 0 atom stereocenters. The molecule has 1 amide bonds. The lowest BCUT2D eigenvalue weighted by Gasteiger charge is -2.09. The van der Waals surface area contributed by atoms with E-state index in [0.717, 1.165) is 12.0 Å². The van der Waals surface area contributed by atoms with Gasteiger partial charge in [0.05, 0.1) is 12.7 Å². The lowest BCUT2D eigenvalue weighted by atomic mass is 10.1. The Hall–Kier alpha value is -2.95. The van der Waals surface area contributed by atoms with Crippen LogP contribution in [0.25, 0.3) is 0 Å². The van der Waals surface area contributed by atoms with Crippen LogP contribution in [0.5, 0.6) is 0 Å². The summed E-state index contributed by atoms with van der Waals surface area (Å²) in [5, 5.41) is 7.17. The molecular weight excluding hydrogens is 288 g/mol. The fraction of sp³-hybridized carbons (Fsp3) is 0.167. The van der Waals surface area contributed by atoms with Crippen LogP contribution in [0.2, 0.25) is 0 Å². The first kappa shape index (κ1) is 15.0. The van der Waals surface area contributed by atoms with Crippen molar-refractivity contribution in [3.8, 4) is 0 Å². The maximum Gasteiger partial charge on any atom is 0.256 e. The highest BCUT2D eigenvalue weighted by molar-refractivity contribution is 6.03. The van der Waals surface area contributed by atoms with Crippen molar-refractivity contribution in [2.75, 3.05) is 5.32 Å². The molecule has 0 aliphatic heterocycles. The quantitative estimate of drug-likeness (QED) is 0.788. The van der Waals surface area contributed by atoms with E-state index >= 15 is 0 Å². The van der Waals surface area contributed by atoms with Crippen molar-refractivity contribution in [3.05, 3.63) is 77.7 Å². The summed E-state index contributed by atoms with van der Waals surface area (Å²) in [6.45, 7) is 2.75. The third-order valence-electron chi connectivity index (χ3n) is 3.66. The Morgan fingerprint density at radius 2 is 1.70 bits per heavy atom. The minimum atomic E-state index is -0.171. The second-order valence-electron chi connectivity index (χ2n) is 5.23. The highest BCUT2D eigenvalue weighted by atomic mass is 16.1. The number of carbonyl (C=O) groups excluding carboxylic acids is 1. The van der Waals surface area contributed by atoms with Crippen molar-refractivity contribution >= 4 is 11.7 Å². The SMILES string of the molecule is CCc1ccc(Cn2nccc2NC(=O)c2ccncc2)cc1. The van der Waals surface area contributed by atoms with Crippen molar-refractivity contribution in [2.24, 2.45) is 0 Å². The molecule has 2 heterocycles. The second-order valence-corrected chi connectivity index (χ2v) is 5.23. The number of aryl methyl sites for hydroxylation is 1. The van der Waals surface area contributed by atoms with E-state index in [0.29, 0.717) is 17.9 Å². The van der Waals surface area contributed by atoms with Gasteiger partial charge >= 0.3 is 0 Å². The number of pyridine rings is 1. The van der Waals surface area contributed by atoms with Crippen LogP contribution >= 0.6 is 0 Å². The van der Waals surface area contributed by atoms with Crippen molar-refractivity contribution < 1.29 is 4.79 Å². The molecule has 5 nitrogen and oxygen atoms in total. The van der Waals surface area contributed by atoms with E-state index < -0.39 is 0 Å². The van der Waals surface area contributed by atoms with Crippen LogP contribution in [0, 0.1) is 0 Å². The minimum Gasteiger partial charge on any atom is -0.307 e. The first-order valence-corrected chi connectivity index (χ1v) is 7.57. The zero-order valence-electron chi connectivity index (χ0n) is 12.9. The number of rotatable bonds is 5. The molecule has 0 aliphatic rings.